The summed E-state index contributed by atoms with van der Waals surface area (Å²) in [6, 6.07) is 14.6. The molecule has 158 valence electrons. The zero-order valence-corrected chi connectivity index (χ0v) is 17.2. The molecule has 0 aliphatic carbocycles. The Kier molecular flexibility index (Phi) is 4.64. The highest BCUT2D eigenvalue weighted by Crippen LogP contribution is 2.37. The summed E-state index contributed by atoms with van der Waals surface area (Å²) in [6.07, 6.45) is 0. The molecule has 2 heterocycles. The molecule has 31 heavy (non-hydrogen) atoms. The van der Waals surface area contributed by atoms with Gasteiger partial charge in [-0.3, -0.25) is 14.3 Å². The van der Waals surface area contributed by atoms with Crippen molar-refractivity contribution in [2.45, 2.75) is 4.90 Å². The van der Waals surface area contributed by atoms with Crippen molar-refractivity contribution in [1.82, 2.24) is 4.90 Å². The summed E-state index contributed by atoms with van der Waals surface area (Å²) < 4.78 is 34.5. The number of nitrogens with one attached hydrogen (secondary N) is 2. The van der Waals surface area contributed by atoms with Gasteiger partial charge in [0.05, 0.1) is 29.4 Å². The van der Waals surface area contributed by atoms with Gasteiger partial charge in [-0.05, 0) is 30.3 Å². The van der Waals surface area contributed by atoms with Gasteiger partial charge < -0.3 is 15.0 Å². The van der Waals surface area contributed by atoms with Crippen LogP contribution in [0.1, 0.15) is 20.7 Å². The molecule has 2 aliphatic heterocycles. The maximum atomic E-state index is 13.3. The van der Waals surface area contributed by atoms with Crippen molar-refractivity contribution in [3.05, 3.63) is 65.7 Å². The maximum absolute atomic E-state index is 13.3. The molecule has 2 amide bonds. The molecule has 1 saturated heterocycles. The number of morpholine rings is 1. The van der Waals surface area contributed by atoms with E-state index in [-0.39, 0.29) is 28.0 Å². The number of carbonyl (C=O) groups excluding carboxylic acids is 2. The van der Waals surface area contributed by atoms with Crippen LogP contribution in [0.4, 0.5) is 11.4 Å². The van der Waals surface area contributed by atoms with E-state index in [1.165, 1.54) is 6.07 Å². The standard InChI is InChI=1S/C22H19N3O5S/c26-21-16-6-3-5-15-19(9-8-18(23-21)20(15)16)31(28,29)24-17-7-2-1-4-14(17)22(27)25-10-12-30-13-11-25/h1-9,24H,10-13H2,(H,23,26). The average molecular weight is 437 g/mol. The Bertz CT molecular complexity index is 1330. The van der Waals surface area contributed by atoms with Crippen molar-refractivity contribution >= 4 is 44.0 Å². The van der Waals surface area contributed by atoms with Crippen LogP contribution >= 0.6 is 0 Å². The maximum Gasteiger partial charge on any atom is 0.262 e. The number of sulfonamides is 1. The highest BCUT2D eigenvalue weighted by Gasteiger charge is 2.28. The lowest BCUT2D eigenvalue weighted by Crippen LogP contribution is -2.41. The molecule has 0 bridgehead atoms. The Morgan fingerprint density at radius 1 is 1.00 bits per heavy atom. The van der Waals surface area contributed by atoms with Crippen molar-refractivity contribution in [3.8, 4) is 0 Å². The molecule has 0 spiro atoms. The Hall–Kier alpha value is -3.43. The first-order valence-corrected chi connectivity index (χ1v) is 11.3. The van der Waals surface area contributed by atoms with Crippen LogP contribution in [0, 0.1) is 0 Å². The van der Waals surface area contributed by atoms with Gasteiger partial charge >= 0.3 is 0 Å². The molecule has 0 atom stereocenters. The molecular weight excluding hydrogens is 418 g/mol. The van der Waals surface area contributed by atoms with E-state index < -0.39 is 10.0 Å². The number of anilines is 2. The fourth-order valence-electron chi connectivity index (χ4n) is 3.99. The fraction of sp³-hybridized carbons (Fsp3) is 0.182. The van der Waals surface area contributed by atoms with Crippen molar-refractivity contribution in [1.29, 1.82) is 0 Å². The lowest BCUT2D eigenvalue weighted by Gasteiger charge is -2.27. The van der Waals surface area contributed by atoms with E-state index in [1.54, 1.807) is 53.4 Å². The first-order chi connectivity index (χ1) is 15.0. The van der Waals surface area contributed by atoms with Gasteiger partial charge in [-0.15, -0.1) is 0 Å². The zero-order valence-electron chi connectivity index (χ0n) is 16.4. The van der Waals surface area contributed by atoms with Gasteiger partial charge in [-0.1, -0.05) is 24.3 Å². The molecule has 0 aromatic heterocycles. The smallest absolute Gasteiger partial charge is 0.262 e. The molecule has 8 nitrogen and oxygen atoms in total. The molecular formula is C22H19N3O5S. The van der Waals surface area contributed by atoms with E-state index in [2.05, 4.69) is 10.0 Å². The van der Waals surface area contributed by atoms with Gasteiger partial charge in [0, 0.05) is 35.1 Å². The van der Waals surface area contributed by atoms with Crippen LogP contribution in [-0.4, -0.2) is 51.4 Å². The zero-order chi connectivity index (χ0) is 21.6. The molecule has 2 aliphatic rings. The molecule has 9 heteroatoms. The van der Waals surface area contributed by atoms with Crippen LogP contribution in [-0.2, 0) is 14.8 Å². The summed E-state index contributed by atoms with van der Waals surface area (Å²) in [5.41, 5.74) is 1.50. The van der Waals surface area contributed by atoms with E-state index in [1.807, 2.05) is 0 Å². The lowest BCUT2D eigenvalue weighted by atomic mass is 10.1. The van der Waals surface area contributed by atoms with Crippen LogP contribution in [0.25, 0.3) is 10.8 Å². The quantitative estimate of drug-likeness (QED) is 0.653. The number of amides is 2. The Labute approximate surface area is 178 Å². The number of hydrogen-bond acceptors (Lipinski definition) is 5. The van der Waals surface area contributed by atoms with Crippen molar-refractivity contribution in [2.75, 3.05) is 36.3 Å². The molecule has 0 radical (unpaired) electrons. The van der Waals surface area contributed by atoms with E-state index >= 15 is 0 Å². The number of ether oxygens (including phenoxy) is 1. The van der Waals surface area contributed by atoms with Crippen LogP contribution in [0.2, 0.25) is 0 Å². The summed E-state index contributed by atoms with van der Waals surface area (Å²) in [5.74, 6) is -0.513. The number of nitrogens with zero attached hydrogens (tertiary/aromatic N) is 1. The largest absolute Gasteiger partial charge is 0.378 e. The summed E-state index contributed by atoms with van der Waals surface area (Å²) >= 11 is 0. The highest BCUT2D eigenvalue weighted by atomic mass is 32.2. The second-order valence-electron chi connectivity index (χ2n) is 7.35. The first kappa shape index (κ1) is 19.5. The molecule has 0 unspecified atom stereocenters. The number of rotatable bonds is 4. The van der Waals surface area contributed by atoms with Gasteiger partial charge in [-0.25, -0.2) is 8.42 Å². The van der Waals surface area contributed by atoms with Gasteiger partial charge in [0.1, 0.15) is 0 Å². The van der Waals surface area contributed by atoms with E-state index in [9.17, 15) is 18.0 Å². The minimum absolute atomic E-state index is 0.0400. The Balaban J connectivity index is 1.54. The molecule has 0 saturated carbocycles. The monoisotopic (exact) mass is 437 g/mol. The Morgan fingerprint density at radius 2 is 1.77 bits per heavy atom. The van der Waals surface area contributed by atoms with Crippen LogP contribution in [0.5, 0.6) is 0 Å². The SMILES string of the molecule is O=C1Nc2ccc(S(=O)(=O)Nc3ccccc3C(=O)N3CCOCC3)c3cccc1c23. The number of hydrogen-bond donors (Lipinski definition) is 2. The second kappa shape index (κ2) is 7.36. The highest BCUT2D eigenvalue weighted by molar-refractivity contribution is 7.93. The first-order valence-electron chi connectivity index (χ1n) is 9.82. The molecule has 3 aromatic rings. The number of carbonyl (C=O) groups is 2. The lowest BCUT2D eigenvalue weighted by molar-refractivity contribution is 0.0303. The van der Waals surface area contributed by atoms with Crippen LogP contribution in [0.15, 0.2) is 59.5 Å². The molecule has 1 fully saturated rings. The summed E-state index contributed by atoms with van der Waals surface area (Å²) in [5, 5.41) is 3.76. The predicted molar refractivity (Wildman–Crippen MR) is 116 cm³/mol. The molecule has 5 rings (SSSR count). The topological polar surface area (TPSA) is 105 Å². The average Bonchev–Trinajstić information content (AvgIpc) is 3.11. The third kappa shape index (κ3) is 3.31. The Morgan fingerprint density at radius 3 is 2.58 bits per heavy atom. The van der Waals surface area contributed by atoms with Crippen LogP contribution in [0.3, 0.4) is 0 Å². The van der Waals surface area contributed by atoms with Gasteiger partial charge in [0.25, 0.3) is 21.8 Å². The predicted octanol–water partition coefficient (Wildman–Crippen LogP) is 2.68. The van der Waals surface area contributed by atoms with E-state index in [0.717, 1.165) is 0 Å². The minimum Gasteiger partial charge on any atom is -0.378 e. The summed E-state index contributed by atoms with van der Waals surface area (Å²) in [4.78, 5) is 26.8. The number of benzene rings is 3. The van der Waals surface area contributed by atoms with Crippen molar-refractivity contribution < 1.29 is 22.7 Å². The van der Waals surface area contributed by atoms with Gasteiger partial charge in [0.2, 0.25) is 0 Å². The van der Waals surface area contributed by atoms with Crippen molar-refractivity contribution in [2.24, 2.45) is 0 Å². The van der Waals surface area contributed by atoms with Crippen molar-refractivity contribution in [3.63, 3.8) is 0 Å². The summed E-state index contributed by atoms with van der Waals surface area (Å²) in [7, 11) is -4.03. The normalized spacial score (nSPS) is 15.7. The fourth-order valence-corrected chi connectivity index (χ4v) is 5.28. The van der Waals surface area contributed by atoms with Gasteiger partial charge in [0.15, 0.2) is 0 Å². The minimum atomic E-state index is -4.03. The third-order valence-corrected chi connectivity index (χ3v) is 6.91. The molecule has 3 aromatic carbocycles. The molecule has 2 N–H and O–H groups in total. The van der Waals surface area contributed by atoms with E-state index in [4.69, 9.17) is 4.74 Å². The van der Waals surface area contributed by atoms with E-state index in [0.29, 0.717) is 48.3 Å². The third-order valence-electron chi connectivity index (χ3n) is 5.48. The number of para-hydroxylation sites is 1. The van der Waals surface area contributed by atoms with Gasteiger partial charge in [-0.2, -0.15) is 0 Å². The second-order valence-corrected chi connectivity index (χ2v) is 9.00. The summed E-state index contributed by atoms with van der Waals surface area (Å²) in [6.45, 7) is 1.81. The van der Waals surface area contributed by atoms with Crippen LogP contribution < -0.4 is 10.0 Å².